The molecule has 0 atom stereocenters. The molecular weight excluding hydrogens is 371 g/mol. The molecule has 1 N–H and O–H groups in total. The molecule has 2 aromatic rings. The molecule has 0 saturated carbocycles. The van der Waals surface area contributed by atoms with Crippen molar-refractivity contribution in [3.8, 4) is 0 Å². The second kappa shape index (κ2) is 7.90. The largest absolute Gasteiger partial charge is 0.324 e. The monoisotopic (exact) mass is 392 g/mol. The van der Waals surface area contributed by atoms with E-state index in [1.54, 1.807) is 24.1 Å². The van der Waals surface area contributed by atoms with Crippen LogP contribution in [0, 0.1) is 26.6 Å². The first kappa shape index (κ1) is 18.6. The van der Waals surface area contributed by atoms with E-state index < -0.39 is 0 Å². The minimum Gasteiger partial charge on any atom is -0.324 e. The van der Waals surface area contributed by atoms with Crippen molar-refractivity contribution in [1.29, 1.82) is 0 Å². The highest BCUT2D eigenvalue weighted by atomic mass is 79.9. The fourth-order valence-electron chi connectivity index (χ4n) is 2.80. The lowest BCUT2D eigenvalue weighted by Gasteiger charge is -2.18. The smallest absolute Gasteiger partial charge is 0.238 e. The Labute approximate surface area is 151 Å². The molecular formula is C19H22BrFN2O. The van der Waals surface area contributed by atoms with Gasteiger partial charge in [0.1, 0.15) is 5.82 Å². The van der Waals surface area contributed by atoms with Crippen LogP contribution in [0.25, 0.3) is 0 Å². The zero-order valence-electron chi connectivity index (χ0n) is 14.4. The standard InChI is InChI=1S/C19H22BrFN2O/c1-12-7-13(2)19(14(3)8-12)22-18(24)11-23(4)10-15-5-6-16(20)9-17(15)21/h5-9H,10-11H2,1-4H3,(H,22,24). The van der Waals surface area contributed by atoms with Crippen LogP contribution in [0.5, 0.6) is 0 Å². The molecule has 0 bridgehead atoms. The van der Waals surface area contributed by atoms with Gasteiger partial charge in [-0.2, -0.15) is 0 Å². The van der Waals surface area contributed by atoms with Crippen LogP contribution in [0.4, 0.5) is 10.1 Å². The first-order valence-electron chi connectivity index (χ1n) is 7.76. The van der Waals surface area contributed by atoms with Crippen LogP contribution in [0.3, 0.4) is 0 Å². The molecule has 0 aliphatic heterocycles. The van der Waals surface area contributed by atoms with Crippen molar-refractivity contribution in [3.63, 3.8) is 0 Å². The lowest BCUT2D eigenvalue weighted by Crippen LogP contribution is -2.30. The molecule has 0 unspecified atom stereocenters. The van der Waals surface area contributed by atoms with Gasteiger partial charge in [-0.15, -0.1) is 0 Å². The molecule has 0 aliphatic rings. The van der Waals surface area contributed by atoms with Gasteiger partial charge in [-0.1, -0.05) is 39.7 Å². The maximum Gasteiger partial charge on any atom is 0.238 e. The van der Waals surface area contributed by atoms with Crippen molar-refractivity contribution < 1.29 is 9.18 Å². The second-order valence-corrected chi connectivity index (χ2v) is 7.15. The second-order valence-electron chi connectivity index (χ2n) is 6.23. The minimum absolute atomic E-state index is 0.106. The molecule has 0 saturated heterocycles. The van der Waals surface area contributed by atoms with Gasteiger partial charge < -0.3 is 5.32 Å². The number of nitrogens with one attached hydrogen (secondary N) is 1. The number of carbonyl (C=O) groups is 1. The number of nitrogens with zero attached hydrogens (tertiary/aromatic N) is 1. The lowest BCUT2D eigenvalue weighted by atomic mass is 10.1. The van der Waals surface area contributed by atoms with Crippen LogP contribution >= 0.6 is 15.9 Å². The van der Waals surface area contributed by atoms with Crippen LogP contribution in [0.15, 0.2) is 34.8 Å². The highest BCUT2D eigenvalue weighted by Gasteiger charge is 2.12. The predicted octanol–water partition coefficient (Wildman–Crippen LogP) is 4.58. The van der Waals surface area contributed by atoms with E-state index in [-0.39, 0.29) is 18.3 Å². The summed E-state index contributed by atoms with van der Waals surface area (Å²) in [5.41, 5.74) is 4.68. The number of aryl methyl sites for hydroxylation is 3. The van der Waals surface area contributed by atoms with Gasteiger partial charge in [-0.3, -0.25) is 9.69 Å². The van der Waals surface area contributed by atoms with Crippen molar-refractivity contribution in [2.24, 2.45) is 0 Å². The number of hydrogen-bond acceptors (Lipinski definition) is 2. The Morgan fingerprint density at radius 3 is 2.38 bits per heavy atom. The third-order valence-electron chi connectivity index (χ3n) is 3.81. The van der Waals surface area contributed by atoms with Gasteiger partial charge in [0.05, 0.1) is 6.54 Å². The van der Waals surface area contributed by atoms with Crippen LogP contribution in [0.1, 0.15) is 22.3 Å². The molecule has 2 aromatic carbocycles. The van der Waals surface area contributed by atoms with Crippen LogP contribution in [-0.2, 0) is 11.3 Å². The highest BCUT2D eigenvalue weighted by molar-refractivity contribution is 9.10. The highest BCUT2D eigenvalue weighted by Crippen LogP contribution is 2.22. The number of benzene rings is 2. The normalized spacial score (nSPS) is 11.0. The zero-order valence-corrected chi connectivity index (χ0v) is 16.0. The van der Waals surface area contributed by atoms with E-state index >= 15 is 0 Å². The Balaban J connectivity index is 1.99. The molecule has 0 spiro atoms. The van der Waals surface area contributed by atoms with E-state index in [1.165, 1.54) is 11.6 Å². The molecule has 5 heteroatoms. The third-order valence-corrected chi connectivity index (χ3v) is 4.30. The van der Waals surface area contributed by atoms with Crippen molar-refractivity contribution in [3.05, 3.63) is 62.9 Å². The lowest BCUT2D eigenvalue weighted by molar-refractivity contribution is -0.117. The Morgan fingerprint density at radius 2 is 1.79 bits per heavy atom. The molecule has 1 amide bonds. The summed E-state index contributed by atoms with van der Waals surface area (Å²) in [5, 5.41) is 2.96. The first-order chi connectivity index (χ1) is 11.3. The third kappa shape index (κ3) is 4.89. The molecule has 3 nitrogen and oxygen atoms in total. The van der Waals surface area contributed by atoms with Crippen molar-refractivity contribution in [2.75, 3.05) is 18.9 Å². The Morgan fingerprint density at radius 1 is 1.17 bits per heavy atom. The van der Waals surface area contributed by atoms with E-state index in [1.807, 2.05) is 32.9 Å². The van der Waals surface area contributed by atoms with E-state index in [2.05, 4.69) is 21.2 Å². The Kier molecular flexibility index (Phi) is 6.13. The van der Waals surface area contributed by atoms with Crippen LogP contribution in [-0.4, -0.2) is 24.4 Å². The molecule has 2 rings (SSSR count). The molecule has 0 aliphatic carbocycles. The van der Waals surface area contributed by atoms with E-state index in [4.69, 9.17) is 0 Å². The van der Waals surface area contributed by atoms with Gasteiger partial charge in [0.15, 0.2) is 0 Å². The topological polar surface area (TPSA) is 32.3 Å². The maximum atomic E-state index is 13.9. The van der Waals surface area contributed by atoms with Gasteiger partial charge in [-0.05, 0) is 51.1 Å². The van der Waals surface area contributed by atoms with Crippen molar-refractivity contribution in [2.45, 2.75) is 27.3 Å². The number of rotatable bonds is 5. The Hall–Kier alpha value is -1.72. The number of amides is 1. The van der Waals surface area contributed by atoms with Gasteiger partial charge in [-0.25, -0.2) is 4.39 Å². The molecule has 0 aromatic heterocycles. The SMILES string of the molecule is Cc1cc(C)c(NC(=O)CN(C)Cc2ccc(Br)cc2F)c(C)c1. The molecule has 0 radical (unpaired) electrons. The van der Waals surface area contributed by atoms with E-state index in [0.29, 0.717) is 16.6 Å². The van der Waals surface area contributed by atoms with Crippen molar-refractivity contribution in [1.82, 2.24) is 4.90 Å². The molecule has 0 fully saturated rings. The molecule has 24 heavy (non-hydrogen) atoms. The summed E-state index contributed by atoms with van der Waals surface area (Å²) in [6, 6.07) is 9.04. The van der Waals surface area contributed by atoms with Gasteiger partial charge in [0.2, 0.25) is 5.91 Å². The fourth-order valence-corrected chi connectivity index (χ4v) is 3.13. The van der Waals surface area contributed by atoms with E-state index in [0.717, 1.165) is 16.8 Å². The average molecular weight is 393 g/mol. The number of likely N-dealkylation sites (N-methyl/N-ethyl adjacent to an activating group) is 1. The van der Waals surface area contributed by atoms with Gasteiger partial charge in [0, 0.05) is 22.3 Å². The van der Waals surface area contributed by atoms with Gasteiger partial charge in [0.25, 0.3) is 0 Å². The van der Waals surface area contributed by atoms with Crippen LogP contribution < -0.4 is 5.32 Å². The Bertz CT molecular complexity index is 738. The summed E-state index contributed by atoms with van der Waals surface area (Å²) < 4.78 is 14.6. The summed E-state index contributed by atoms with van der Waals surface area (Å²) in [6.45, 7) is 6.57. The number of hydrogen-bond donors (Lipinski definition) is 1. The van der Waals surface area contributed by atoms with Gasteiger partial charge >= 0.3 is 0 Å². The fraction of sp³-hybridized carbons (Fsp3) is 0.316. The summed E-state index contributed by atoms with van der Waals surface area (Å²) in [4.78, 5) is 14.1. The minimum atomic E-state index is -0.276. The summed E-state index contributed by atoms with van der Waals surface area (Å²) in [6.07, 6.45) is 0. The maximum absolute atomic E-state index is 13.9. The van der Waals surface area contributed by atoms with E-state index in [9.17, 15) is 9.18 Å². The summed E-state index contributed by atoms with van der Waals surface area (Å²) in [5.74, 6) is -0.382. The number of anilines is 1. The van der Waals surface area contributed by atoms with Crippen molar-refractivity contribution >= 4 is 27.5 Å². The molecule has 128 valence electrons. The quantitative estimate of drug-likeness (QED) is 0.806. The summed E-state index contributed by atoms with van der Waals surface area (Å²) in [7, 11) is 1.80. The first-order valence-corrected chi connectivity index (χ1v) is 8.55. The number of carbonyl (C=O) groups excluding carboxylic acids is 1. The van der Waals surface area contributed by atoms with Crippen LogP contribution in [0.2, 0.25) is 0 Å². The summed E-state index contributed by atoms with van der Waals surface area (Å²) >= 11 is 3.24. The number of halogens is 2. The molecule has 0 heterocycles. The average Bonchev–Trinajstić information content (AvgIpc) is 2.45. The predicted molar refractivity (Wildman–Crippen MR) is 99.7 cm³/mol. The zero-order chi connectivity index (χ0) is 17.9.